The predicted octanol–water partition coefficient (Wildman–Crippen LogP) is 2.43. The van der Waals surface area contributed by atoms with Crippen LogP contribution in [0.4, 0.5) is 0 Å². The van der Waals surface area contributed by atoms with Gasteiger partial charge in [0, 0.05) is 14.2 Å². The summed E-state index contributed by atoms with van der Waals surface area (Å²) in [7, 11) is -0.0285. The van der Waals surface area contributed by atoms with E-state index in [9.17, 15) is 0 Å². The molecule has 0 aromatic rings. The van der Waals surface area contributed by atoms with Gasteiger partial charge in [0.05, 0.1) is 18.8 Å². The van der Waals surface area contributed by atoms with Gasteiger partial charge in [-0.25, -0.2) is 0 Å². The average molecular weight is 304 g/mol. The quantitative estimate of drug-likeness (QED) is 0.313. The van der Waals surface area contributed by atoms with Crippen molar-refractivity contribution >= 4 is 8.56 Å². The summed E-state index contributed by atoms with van der Waals surface area (Å²) in [5.74, 6) is 0. The van der Waals surface area contributed by atoms with Crippen molar-refractivity contribution < 1.29 is 27.8 Å². The van der Waals surface area contributed by atoms with E-state index in [0.29, 0.717) is 0 Å². The van der Waals surface area contributed by atoms with E-state index in [0.717, 1.165) is 0 Å². The van der Waals surface area contributed by atoms with E-state index in [4.69, 9.17) is 27.8 Å². The lowest BCUT2D eigenvalue weighted by Gasteiger charge is -2.44. The lowest BCUT2D eigenvalue weighted by molar-refractivity contribution is -0.200. The maximum absolute atomic E-state index is 5.70. The standard InChI is InChI=1S/C13H24O6Si/c1-8-16-12(4)13(17-9-2,18-10-3)20(7,15-6)19-11-14-5/h8-10,12H,1-3,11H2,4-7H3. The summed E-state index contributed by atoms with van der Waals surface area (Å²) in [6.45, 7) is 14.2. The number of ether oxygens (including phenoxy) is 4. The third-order valence-corrected chi connectivity index (χ3v) is 6.18. The first-order valence-corrected chi connectivity index (χ1v) is 8.31. The van der Waals surface area contributed by atoms with Gasteiger partial charge in [-0.05, 0) is 13.5 Å². The van der Waals surface area contributed by atoms with Crippen LogP contribution in [0.2, 0.25) is 6.55 Å². The highest BCUT2D eigenvalue weighted by molar-refractivity contribution is 6.69. The van der Waals surface area contributed by atoms with Gasteiger partial charge in [0.1, 0.15) is 6.79 Å². The molecule has 0 bridgehead atoms. The van der Waals surface area contributed by atoms with Gasteiger partial charge in [-0.2, -0.15) is 0 Å². The van der Waals surface area contributed by atoms with E-state index in [-0.39, 0.29) is 6.79 Å². The molecule has 20 heavy (non-hydrogen) atoms. The second kappa shape index (κ2) is 8.80. The molecule has 0 aliphatic heterocycles. The summed E-state index contributed by atoms with van der Waals surface area (Å²) < 4.78 is 32.8. The molecule has 0 aliphatic carbocycles. The fraction of sp³-hybridized carbons (Fsp3) is 0.538. The predicted molar refractivity (Wildman–Crippen MR) is 77.6 cm³/mol. The normalized spacial score (nSPS) is 15.6. The molecule has 0 heterocycles. The van der Waals surface area contributed by atoms with E-state index >= 15 is 0 Å². The fourth-order valence-electron chi connectivity index (χ4n) is 1.76. The number of rotatable bonds is 12. The molecule has 7 heteroatoms. The van der Waals surface area contributed by atoms with E-state index in [1.165, 1.54) is 33.0 Å². The van der Waals surface area contributed by atoms with Crippen LogP contribution in [0.15, 0.2) is 38.5 Å². The molecular weight excluding hydrogens is 280 g/mol. The largest absolute Gasteiger partial charge is 0.491 e. The minimum absolute atomic E-state index is 0.0279. The minimum atomic E-state index is -3.05. The first kappa shape index (κ1) is 18.7. The summed E-state index contributed by atoms with van der Waals surface area (Å²) in [6.07, 6.45) is 3.20. The smallest absolute Gasteiger partial charge is 0.436 e. The topological polar surface area (TPSA) is 55.4 Å². The maximum Gasteiger partial charge on any atom is 0.436 e. The van der Waals surface area contributed by atoms with E-state index in [1.807, 2.05) is 0 Å². The molecule has 116 valence electrons. The molecule has 0 spiro atoms. The van der Waals surface area contributed by atoms with Crippen molar-refractivity contribution in [2.45, 2.75) is 25.0 Å². The minimum Gasteiger partial charge on any atom is -0.491 e. The van der Waals surface area contributed by atoms with Gasteiger partial charge < -0.3 is 27.8 Å². The highest BCUT2D eigenvalue weighted by Crippen LogP contribution is 2.34. The van der Waals surface area contributed by atoms with Crippen LogP contribution < -0.4 is 0 Å². The van der Waals surface area contributed by atoms with Crippen LogP contribution >= 0.6 is 0 Å². The van der Waals surface area contributed by atoms with Gasteiger partial charge in [0.15, 0.2) is 6.10 Å². The average Bonchev–Trinajstić information content (AvgIpc) is 2.44. The molecular formula is C13H24O6Si. The Morgan fingerprint density at radius 3 is 2.00 bits per heavy atom. The van der Waals surface area contributed by atoms with Gasteiger partial charge in [-0.15, -0.1) is 0 Å². The van der Waals surface area contributed by atoms with Crippen LogP contribution in [-0.4, -0.2) is 41.1 Å². The third kappa shape index (κ3) is 3.86. The van der Waals surface area contributed by atoms with Crippen molar-refractivity contribution in [2.75, 3.05) is 21.0 Å². The Balaban J connectivity index is 5.67. The van der Waals surface area contributed by atoms with Crippen molar-refractivity contribution in [3.05, 3.63) is 38.5 Å². The maximum atomic E-state index is 5.70. The zero-order valence-electron chi connectivity index (χ0n) is 12.6. The van der Waals surface area contributed by atoms with Crippen LogP contribution in [0.25, 0.3) is 0 Å². The summed E-state index contributed by atoms with van der Waals surface area (Å²) in [5.41, 5.74) is -1.35. The molecule has 0 fully saturated rings. The van der Waals surface area contributed by atoms with Gasteiger partial charge in [-0.1, -0.05) is 19.7 Å². The number of methoxy groups -OCH3 is 1. The lowest BCUT2D eigenvalue weighted by atomic mass is 10.4. The van der Waals surface area contributed by atoms with E-state index < -0.39 is 20.1 Å². The molecule has 0 N–H and O–H groups in total. The molecule has 0 amide bonds. The molecule has 0 radical (unpaired) electrons. The van der Waals surface area contributed by atoms with Crippen molar-refractivity contribution in [3.8, 4) is 0 Å². The van der Waals surface area contributed by atoms with Crippen molar-refractivity contribution in [3.63, 3.8) is 0 Å². The highest BCUT2D eigenvalue weighted by Gasteiger charge is 2.63. The summed E-state index contributed by atoms with van der Waals surface area (Å²) in [4.78, 5) is 0. The molecule has 6 nitrogen and oxygen atoms in total. The van der Waals surface area contributed by atoms with E-state index in [1.54, 1.807) is 13.5 Å². The van der Waals surface area contributed by atoms with Crippen LogP contribution in [0.5, 0.6) is 0 Å². The summed E-state index contributed by atoms with van der Waals surface area (Å²) in [6, 6.07) is 0. The summed E-state index contributed by atoms with van der Waals surface area (Å²) >= 11 is 0. The second-order valence-electron chi connectivity index (χ2n) is 3.88. The molecule has 0 rings (SSSR count). The van der Waals surface area contributed by atoms with Gasteiger partial charge in [0.25, 0.3) is 0 Å². The molecule has 0 aliphatic rings. The molecule has 0 saturated carbocycles. The lowest BCUT2D eigenvalue weighted by Crippen LogP contribution is -2.68. The first-order chi connectivity index (χ1) is 9.47. The van der Waals surface area contributed by atoms with Crippen LogP contribution in [0, 0.1) is 0 Å². The SMILES string of the molecule is C=COC(C)C(OC=C)(OC=C)[Si](C)(OC)OCOC. The van der Waals surface area contributed by atoms with E-state index in [2.05, 4.69) is 19.7 Å². The molecule has 0 saturated heterocycles. The van der Waals surface area contributed by atoms with Crippen molar-refractivity contribution in [2.24, 2.45) is 0 Å². The Kier molecular flexibility index (Phi) is 8.24. The first-order valence-electron chi connectivity index (χ1n) is 5.99. The zero-order chi connectivity index (χ0) is 15.6. The van der Waals surface area contributed by atoms with Gasteiger partial charge >= 0.3 is 14.0 Å². The monoisotopic (exact) mass is 304 g/mol. The molecule has 2 atom stereocenters. The van der Waals surface area contributed by atoms with Crippen LogP contribution in [0.1, 0.15) is 6.92 Å². The Labute approximate surface area is 121 Å². The Morgan fingerprint density at radius 1 is 1.10 bits per heavy atom. The molecule has 0 aromatic carbocycles. The number of hydrogen-bond donors (Lipinski definition) is 0. The van der Waals surface area contributed by atoms with Gasteiger partial charge in [-0.3, -0.25) is 0 Å². The number of hydrogen-bond acceptors (Lipinski definition) is 6. The third-order valence-electron chi connectivity index (χ3n) is 2.83. The highest BCUT2D eigenvalue weighted by atomic mass is 28.4. The van der Waals surface area contributed by atoms with Crippen molar-refractivity contribution in [1.29, 1.82) is 0 Å². The Morgan fingerprint density at radius 2 is 1.65 bits per heavy atom. The second-order valence-corrected chi connectivity index (χ2v) is 7.17. The van der Waals surface area contributed by atoms with Gasteiger partial charge in [0.2, 0.25) is 0 Å². The van der Waals surface area contributed by atoms with Crippen LogP contribution in [0.3, 0.4) is 0 Å². The van der Waals surface area contributed by atoms with Crippen LogP contribution in [-0.2, 0) is 27.8 Å². The molecule has 2 unspecified atom stereocenters. The zero-order valence-corrected chi connectivity index (χ0v) is 13.6. The molecule has 0 aromatic heterocycles. The summed E-state index contributed by atoms with van der Waals surface area (Å²) in [5, 5.41) is 0. The fourth-order valence-corrected chi connectivity index (χ4v) is 4.10. The van der Waals surface area contributed by atoms with Crippen molar-refractivity contribution in [1.82, 2.24) is 0 Å². The Bertz CT molecular complexity index is 312. The Hall–Kier alpha value is -1.28.